The minimum atomic E-state index is 0.380. The van der Waals surface area contributed by atoms with Gasteiger partial charge in [-0.2, -0.15) is 0 Å². The molecule has 1 atom stereocenters. The molecular formula is C7H11IN2. The van der Waals surface area contributed by atoms with Crippen molar-refractivity contribution >= 4 is 22.6 Å². The van der Waals surface area contributed by atoms with Crippen molar-refractivity contribution in [3.05, 3.63) is 21.0 Å². The van der Waals surface area contributed by atoms with Crippen LogP contribution in [0.1, 0.15) is 13.8 Å². The third-order valence-corrected chi connectivity index (χ3v) is 3.30. The molecule has 1 heterocycles. The Morgan fingerprint density at radius 1 is 1.70 bits per heavy atom. The topological polar surface area (TPSA) is 38.0 Å². The smallest absolute Gasteiger partial charge is 0.0967 e. The van der Waals surface area contributed by atoms with Crippen LogP contribution < -0.4 is 11.1 Å². The third-order valence-electron chi connectivity index (χ3n) is 1.51. The van der Waals surface area contributed by atoms with Gasteiger partial charge in [0.05, 0.1) is 11.9 Å². The molecule has 3 N–H and O–H groups in total. The average Bonchev–Trinajstić information content (AvgIpc) is 1.82. The lowest BCUT2D eigenvalue weighted by atomic mass is 10.1. The van der Waals surface area contributed by atoms with E-state index in [-0.39, 0.29) is 0 Å². The van der Waals surface area contributed by atoms with Crippen molar-refractivity contribution in [1.82, 2.24) is 5.32 Å². The lowest BCUT2D eigenvalue weighted by Crippen LogP contribution is -2.32. The Hall–Kier alpha value is -0.190. The first-order valence-electron chi connectivity index (χ1n) is 3.21. The molecule has 2 nitrogen and oxygen atoms in total. The third kappa shape index (κ3) is 1.45. The Morgan fingerprint density at radius 2 is 2.30 bits per heavy atom. The summed E-state index contributed by atoms with van der Waals surface area (Å²) in [6.45, 7) is 4.18. The van der Waals surface area contributed by atoms with Gasteiger partial charge in [0, 0.05) is 3.58 Å². The molecule has 0 saturated carbocycles. The standard InChI is InChI=1S/C7H11IN2/c1-4-3-6(9)10-5(2)7(4)8/h3,5,10H,9H2,1-2H3. The van der Waals surface area contributed by atoms with Gasteiger partial charge in [0.25, 0.3) is 0 Å². The first-order valence-corrected chi connectivity index (χ1v) is 4.29. The van der Waals surface area contributed by atoms with E-state index in [9.17, 15) is 0 Å². The van der Waals surface area contributed by atoms with Gasteiger partial charge in [0.1, 0.15) is 0 Å². The zero-order valence-corrected chi connectivity index (χ0v) is 8.27. The molecule has 0 aromatic carbocycles. The van der Waals surface area contributed by atoms with E-state index in [2.05, 4.69) is 41.8 Å². The minimum absolute atomic E-state index is 0.380. The lowest BCUT2D eigenvalue weighted by molar-refractivity contribution is 0.699. The van der Waals surface area contributed by atoms with Gasteiger partial charge in [-0.25, -0.2) is 0 Å². The molecule has 1 rings (SSSR count). The van der Waals surface area contributed by atoms with Crippen molar-refractivity contribution in [3.8, 4) is 0 Å². The number of hydrogen-bond acceptors (Lipinski definition) is 2. The summed E-state index contributed by atoms with van der Waals surface area (Å²) in [5.41, 5.74) is 6.86. The second-order valence-corrected chi connectivity index (χ2v) is 3.66. The van der Waals surface area contributed by atoms with E-state index in [0.29, 0.717) is 6.04 Å². The van der Waals surface area contributed by atoms with Gasteiger partial charge in [-0.05, 0) is 48.1 Å². The highest BCUT2D eigenvalue weighted by Gasteiger charge is 2.12. The molecule has 0 radical (unpaired) electrons. The van der Waals surface area contributed by atoms with Gasteiger partial charge in [-0.3, -0.25) is 0 Å². The van der Waals surface area contributed by atoms with Crippen molar-refractivity contribution in [3.63, 3.8) is 0 Å². The van der Waals surface area contributed by atoms with Crippen LogP contribution in [0.2, 0.25) is 0 Å². The predicted molar refractivity (Wildman–Crippen MR) is 51.6 cm³/mol. The van der Waals surface area contributed by atoms with E-state index in [1.165, 1.54) is 9.15 Å². The quantitative estimate of drug-likeness (QED) is 0.639. The van der Waals surface area contributed by atoms with E-state index < -0.39 is 0 Å². The monoisotopic (exact) mass is 250 g/mol. The lowest BCUT2D eigenvalue weighted by Gasteiger charge is -2.21. The van der Waals surface area contributed by atoms with Gasteiger partial charge in [-0.15, -0.1) is 0 Å². The number of hydrogen-bond donors (Lipinski definition) is 2. The van der Waals surface area contributed by atoms with Gasteiger partial charge in [0.15, 0.2) is 0 Å². The van der Waals surface area contributed by atoms with Crippen molar-refractivity contribution in [2.45, 2.75) is 19.9 Å². The first-order chi connectivity index (χ1) is 4.61. The molecule has 3 heteroatoms. The molecule has 56 valence electrons. The number of nitrogens with two attached hydrogens (primary N) is 1. The van der Waals surface area contributed by atoms with E-state index in [1.807, 2.05) is 6.08 Å². The maximum absolute atomic E-state index is 5.59. The highest BCUT2D eigenvalue weighted by molar-refractivity contribution is 14.1. The summed E-state index contributed by atoms with van der Waals surface area (Å²) in [5.74, 6) is 0.769. The van der Waals surface area contributed by atoms with Crippen LogP contribution in [0.5, 0.6) is 0 Å². The average molecular weight is 250 g/mol. The summed E-state index contributed by atoms with van der Waals surface area (Å²) in [5, 5.41) is 3.13. The van der Waals surface area contributed by atoms with Crippen molar-refractivity contribution in [2.24, 2.45) is 5.73 Å². The molecule has 0 spiro atoms. The van der Waals surface area contributed by atoms with Gasteiger partial charge < -0.3 is 11.1 Å². The number of rotatable bonds is 0. The van der Waals surface area contributed by atoms with Gasteiger partial charge >= 0.3 is 0 Å². The Bertz CT molecular complexity index is 206. The van der Waals surface area contributed by atoms with Crippen LogP contribution in [-0.4, -0.2) is 6.04 Å². The van der Waals surface area contributed by atoms with Crippen molar-refractivity contribution in [1.29, 1.82) is 0 Å². The summed E-state index contributed by atoms with van der Waals surface area (Å²) in [7, 11) is 0. The second kappa shape index (κ2) is 2.82. The maximum Gasteiger partial charge on any atom is 0.0967 e. The summed E-state index contributed by atoms with van der Waals surface area (Å²) < 4.78 is 1.34. The van der Waals surface area contributed by atoms with Gasteiger partial charge in [0.2, 0.25) is 0 Å². The van der Waals surface area contributed by atoms with Crippen molar-refractivity contribution < 1.29 is 0 Å². The summed E-state index contributed by atoms with van der Waals surface area (Å²) in [6, 6.07) is 0.380. The highest BCUT2D eigenvalue weighted by atomic mass is 127. The summed E-state index contributed by atoms with van der Waals surface area (Å²) in [6.07, 6.45) is 1.96. The molecule has 0 amide bonds. The molecule has 0 aromatic heterocycles. The van der Waals surface area contributed by atoms with E-state index in [0.717, 1.165) is 5.82 Å². The largest absolute Gasteiger partial charge is 0.386 e. The first kappa shape index (κ1) is 7.91. The normalized spacial score (nSPS) is 25.9. The number of allylic oxidation sites excluding steroid dienone is 2. The SMILES string of the molecule is CC1=C(I)C(C)NC(N)=C1. The number of halogens is 1. The van der Waals surface area contributed by atoms with E-state index in [4.69, 9.17) is 5.73 Å². The Labute approximate surface area is 74.7 Å². The Morgan fingerprint density at radius 3 is 2.80 bits per heavy atom. The molecule has 0 saturated heterocycles. The second-order valence-electron chi connectivity index (χ2n) is 2.50. The Kier molecular flexibility index (Phi) is 2.23. The predicted octanol–water partition coefficient (Wildman–Crippen LogP) is 1.49. The highest BCUT2D eigenvalue weighted by Crippen LogP contribution is 2.21. The van der Waals surface area contributed by atoms with E-state index in [1.54, 1.807) is 0 Å². The van der Waals surface area contributed by atoms with Crippen LogP contribution in [-0.2, 0) is 0 Å². The molecule has 1 aliphatic heterocycles. The van der Waals surface area contributed by atoms with Crippen molar-refractivity contribution in [2.75, 3.05) is 0 Å². The van der Waals surface area contributed by atoms with E-state index >= 15 is 0 Å². The molecule has 0 aliphatic carbocycles. The molecule has 1 aliphatic rings. The van der Waals surface area contributed by atoms with Crippen LogP contribution in [0.25, 0.3) is 0 Å². The minimum Gasteiger partial charge on any atom is -0.386 e. The zero-order valence-electron chi connectivity index (χ0n) is 6.11. The van der Waals surface area contributed by atoms with Crippen LogP contribution in [0.15, 0.2) is 21.0 Å². The van der Waals surface area contributed by atoms with Crippen LogP contribution in [0.4, 0.5) is 0 Å². The fourth-order valence-corrected chi connectivity index (χ4v) is 1.31. The fourth-order valence-electron chi connectivity index (χ4n) is 0.999. The molecule has 0 fully saturated rings. The molecule has 1 unspecified atom stereocenters. The van der Waals surface area contributed by atoms with Gasteiger partial charge in [-0.1, -0.05) is 0 Å². The number of dihydropyridines is 1. The molecule has 10 heavy (non-hydrogen) atoms. The number of nitrogens with one attached hydrogen (secondary N) is 1. The van der Waals surface area contributed by atoms with Crippen LogP contribution in [0.3, 0.4) is 0 Å². The maximum atomic E-state index is 5.59. The zero-order chi connectivity index (χ0) is 7.72. The molecule has 0 bridgehead atoms. The Balaban J connectivity index is 2.92. The molecular weight excluding hydrogens is 239 g/mol. The molecule has 0 aromatic rings. The van der Waals surface area contributed by atoms with Crippen LogP contribution in [0, 0.1) is 0 Å². The van der Waals surface area contributed by atoms with Crippen LogP contribution >= 0.6 is 22.6 Å². The fraction of sp³-hybridized carbons (Fsp3) is 0.429. The summed E-state index contributed by atoms with van der Waals surface area (Å²) in [4.78, 5) is 0. The summed E-state index contributed by atoms with van der Waals surface area (Å²) >= 11 is 2.34.